The van der Waals surface area contributed by atoms with Gasteiger partial charge in [0.15, 0.2) is 0 Å². The number of carbonyl (C=O) groups excluding carboxylic acids is 1. The van der Waals surface area contributed by atoms with Crippen LogP contribution in [-0.4, -0.2) is 29.7 Å². The number of fused-ring (bicyclic) bond motifs is 1. The van der Waals surface area contributed by atoms with Crippen LogP contribution in [0.5, 0.6) is 0 Å². The first-order valence-electron chi connectivity index (χ1n) is 10.6. The maximum Gasteiger partial charge on any atom is 0.281 e. The van der Waals surface area contributed by atoms with Gasteiger partial charge in [0.1, 0.15) is 11.5 Å². The van der Waals surface area contributed by atoms with Gasteiger partial charge in [0.2, 0.25) is 0 Å². The molecule has 2 aromatic rings. The summed E-state index contributed by atoms with van der Waals surface area (Å²) < 4.78 is 13.5. The van der Waals surface area contributed by atoms with E-state index in [1.807, 2.05) is 5.01 Å². The zero-order valence-corrected chi connectivity index (χ0v) is 18.4. The summed E-state index contributed by atoms with van der Waals surface area (Å²) in [4.78, 5) is 13.0. The van der Waals surface area contributed by atoms with E-state index in [0.717, 1.165) is 18.7 Å². The molecule has 2 aromatic carbocycles. The Balaban J connectivity index is 1.39. The summed E-state index contributed by atoms with van der Waals surface area (Å²) in [7, 11) is 0. The molecule has 2 unspecified atom stereocenters. The van der Waals surface area contributed by atoms with Gasteiger partial charge in [0, 0.05) is 24.5 Å². The Morgan fingerprint density at radius 1 is 1.06 bits per heavy atom. The minimum absolute atomic E-state index is 0.195. The van der Waals surface area contributed by atoms with E-state index in [9.17, 15) is 9.18 Å². The normalized spacial score (nSPS) is 25.6. The fraction of sp³-hybridized carbons (Fsp3) is 0.391. The lowest BCUT2D eigenvalue weighted by molar-refractivity contribution is -0.119. The fourth-order valence-corrected chi connectivity index (χ4v) is 5.51. The molecule has 2 aliphatic heterocycles. The molecule has 162 valence electrons. The van der Waals surface area contributed by atoms with Crippen molar-refractivity contribution < 1.29 is 9.18 Å². The summed E-state index contributed by atoms with van der Waals surface area (Å²) in [5.74, 6) is 0.861. The third kappa shape index (κ3) is 4.16. The van der Waals surface area contributed by atoms with E-state index >= 15 is 0 Å². The van der Waals surface area contributed by atoms with Crippen LogP contribution in [0.4, 0.5) is 10.1 Å². The Bertz CT molecular complexity index is 1020. The highest BCUT2D eigenvalue weighted by atomic mass is 35.5. The Hall–Kier alpha value is -2.15. The number of halogens is 3. The summed E-state index contributed by atoms with van der Waals surface area (Å²) >= 11 is 12.5. The van der Waals surface area contributed by atoms with Crippen molar-refractivity contribution in [2.75, 3.05) is 18.1 Å². The third-order valence-electron chi connectivity index (χ3n) is 6.57. The van der Waals surface area contributed by atoms with Gasteiger partial charge in [0.05, 0.1) is 16.8 Å². The predicted molar refractivity (Wildman–Crippen MR) is 121 cm³/mol. The number of amides is 1. The van der Waals surface area contributed by atoms with Gasteiger partial charge in [-0.25, -0.2) is 9.40 Å². The van der Waals surface area contributed by atoms with Gasteiger partial charge in [-0.3, -0.25) is 15.2 Å². The van der Waals surface area contributed by atoms with Gasteiger partial charge in [-0.2, -0.15) is 5.10 Å². The monoisotopic (exact) mass is 460 g/mol. The van der Waals surface area contributed by atoms with Crippen LogP contribution < -0.4 is 10.4 Å². The van der Waals surface area contributed by atoms with E-state index in [1.165, 1.54) is 31.4 Å². The highest BCUT2D eigenvalue weighted by Gasteiger charge is 2.38. The minimum atomic E-state index is -0.309. The van der Waals surface area contributed by atoms with Gasteiger partial charge in [-0.05, 0) is 60.6 Å². The Morgan fingerprint density at radius 2 is 1.77 bits per heavy atom. The molecule has 0 aromatic heterocycles. The van der Waals surface area contributed by atoms with E-state index in [2.05, 4.69) is 10.5 Å². The van der Waals surface area contributed by atoms with Crippen LogP contribution in [0, 0.1) is 17.7 Å². The van der Waals surface area contributed by atoms with Crippen molar-refractivity contribution in [1.29, 1.82) is 0 Å². The Morgan fingerprint density at radius 3 is 2.45 bits per heavy atom. The largest absolute Gasteiger partial charge is 0.284 e. The van der Waals surface area contributed by atoms with Gasteiger partial charge in [0.25, 0.3) is 5.91 Å². The molecule has 1 saturated carbocycles. The van der Waals surface area contributed by atoms with E-state index in [0.29, 0.717) is 39.7 Å². The first-order chi connectivity index (χ1) is 15.0. The first-order valence-corrected chi connectivity index (χ1v) is 11.4. The Labute approximate surface area is 190 Å². The SMILES string of the molecule is O=C(NN1CC2CCCC2C1)C1=NN(c2ccc(Cl)cc2Cl)[C@@H](c2ccc(F)cc2)C1. The van der Waals surface area contributed by atoms with Crippen LogP contribution >= 0.6 is 23.2 Å². The van der Waals surface area contributed by atoms with E-state index in [4.69, 9.17) is 23.2 Å². The van der Waals surface area contributed by atoms with Crippen molar-refractivity contribution in [2.24, 2.45) is 16.9 Å². The third-order valence-corrected chi connectivity index (χ3v) is 7.11. The van der Waals surface area contributed by atoms with Crippen molar-refractivity contribution in [3.63, 3.8) is 0 Å². The summed E-state index contributed by atoms with van der Waals surface area (Å²) in [6.07, 6.45) is 4.18. The lowest BCUT2D eigenvalue weighted by Gasteiger charge is -2.25. The van der Waals surface area contributed by atoms with Crippen molar-refractivity contribution >= 4 is 40.5 Å². The summed E-state index contributed by atoms with van der Waals surface area (Å²) in [5, 5.41) is 9.36. The molecule has 1 saturated heterocycles. The van der Waals surface area contributed by atoms with Crippen molar-refractivity contribution in [2.45, 2.75) is 31.7 Å². The van der Waals surface area contributed by atoms with Crippen LogP contribution in [0.15, 0.2) is 47.6 Å². The van der Waals surface area contributed by atoms with Crippen molar-refractivity contribution in [1.82, 2.24) is 10.4 Å². The Kier molecular flexibility index (Phi) is 5.63. The standard InChI is InChI=1S/C23H23Cl2FN4O/c24-17-6-9-21(19(25)10-17)30-22(14-4-7-18(26)8-5-14)11-20(27-30)23(31)28-29-12-15-2-1-3-16(15)13-29/h4-10,15-16,22H,1-3,11-13H2,(H,28,31)/t15?,16?,22-/m1/s1. The van der Waals surface area contributed by atoms with Gasteiger partial charge in [-0.1, -0.05) is 41.8 Å². The number of nitrogens with one attached hydrogen (secondary N) is 1. The molecular weight excluding hydrogens is 438 g/mol. The number of rotatable bonds is 4. The number of hydrogen-bond donors (Lipinski definition) is 1. The second-order valence-electron chi connectivity index (χ2n) is 8.56. The number of benzene rings is 2. The molecule has 1 amide bonds. The molecule has 2 heterocycles. The smallest absolute Gasteiger partial charge is 0.281 e. The topological polar surface area (TPSA) is 47.9 Å². The number of anilines is 1. The average Bonchev–Trinajstić information content (AvgIpc) is 3.43. The lowest BCUT2D eigenvalue weighted by atomic mass is 10.0. The maximum absolute atomic E-state index is 13.5. The highest BCUT2D eigenvalue weighted by molar-refractivity contribution is 6.40. The summed E-state index contributed by atoms with van der Waals surface area (Å²) in [6, 6.07) is 11.2. The second kappa shape index (κ2) is 8.41. The number of nitrogens with zero attached hydrogens (tertiary/aromatic N) is 3. The molecule has 5 rings (SSSR count). The molecule has 2 fully saturated rings. The predicted octanol–water partition coefficient (Wildman–Crippen LogP) is 5.20. The molecule has 31 heavy (non-hydrogen) atoms. The lowest BCUT2D eigenvalue weighted by Crippen LogP contribution is -2.44. The summed E-state index contributed by atoms with van der Waals surface area (Å²) in [6.45, 7) is 1.80. The molecule has 0 bridgehead atoms. The van der Waals surface area contributed by atoms with E-state index < -0.39 is 0 Å². The minimum Gasteiger partial charge on any atom is -0.284 e. The first kappa shape index (κ1) is 20.7. The highest BCUT2D eigenvalue weighted by Crippen LogP contribution is 2.40. The molecule has 5 nitrogen and oxygen atoms in total. The quantitative estimate of drug-likeness (QED) is 0.681. The van der Waals surface area contributed by atoms with Crippen LogP contribution in [0.3, 0.4) is 0 Å². The molecule has 3 aliphatic rings. The van der Waals surface area contributed by atoms with Crippen molar-refractivity contribution in [3.05, 3.63) is 63.9 Å². The average molecular weight is 461 g/mol. The molecule has 1 aliphatic carbocycles. The van der Waals surface area contributed by atoms with E-state index in [1.54, 1.807) is 35.3 Å². The number of carbonyl (C=O) groups is 1. The maximum atomic E-state index is 13.5. The number of hydrazone groups is 1. The molecule has 8 heteroatoms. The van der Waals surface area contributed by atoms with Crippen LogP contribution in [0.2, 0.25) is 10.0 Å². The molecule has 0 radical (unpaired) electrons. The van der Waals surface area contributed by atoms with Crippen molar-refractivity contribution in [3.8, 4) is 0 Å². The number of hydrazine groups is 1. The van der Waals surface area contributed by atoms with Crippen LogP contribution in [0.25, 0.3) is 0 Å². The summed E-state index contributed by atoms with van der Waals surface area (Å²) in [5.41, 5.74) is 4.99. The van der Waals surface area contributed by atoms with E-state index in [-0.39, 0.29) is 17.8 Å². The second-order valence-corrected chi connectivity index (χ2v) is 9.40. The number of hydrogen-bond acceptors (Lipinski definition) is 4. The molecule has 3 atom stereocenters. The van der Waals surface area contributed by atoms with Crippen LogP contribution in [-0.2, 0) is 4.79 Å². The fourth-order valence-electron chi connectivity index (χ4n) is 5.02. The van der Waals surface area contributed by atoms with Gasteiger partial charge >= 0.3 is 0 Å². The molecule has 0 spiro atoms. The van der Waals surface area contributed by atoms with Gasteiger partial charge in [-0.15, -0.1) is 0 Å². The molecular formula is C23H23Cl2FN4O. The van der Waals surface area contributed by atoms with Crippen LogP contribution in [0.1, 0.15) is 37.3 Å². The molecule has 1 N–H and O–H groups in total. The zero-order valence-electron chi connectivity index (χ0n) is 16.9. The zero-order chi connectivity index (χ0) is 21.5. The van der Waals surface area contributed by atoms with Gasteiger partial charge < -0.3 is 0 Å².